The summed E-state index contributed by atoms with van der Waals surface area (Å²) in [6.07, 6.45) is 7.39. The highest BCUT2D eigenvalue weighted by Gasteiger charge is 2.35. The smallest absolute Gasteiger partial charge is 0.307 e. The lowest BCUT2D eigenvalue weighted by atomic mass is 9.82. The van der Waals surface area contributed by atoms with Gasteiger partial charge < -0.3 is 15.5 Å². The maximum absolute atomic E-state index is 12.2. The fourth-order valence-electron chi connectivity index (χ4n) is 2.98. The number of carboxylic acids is 1. The third kappa shape index (κ3) is 3.56. The van der Waals surface area contributed by atoms with Crippen LogP contribution in [0.25, 0.3) is 0 Å². The van der Waals surface area contributed by atoms with Crippen LogP contribution in [0.2, 0.25) is 0 Å². The lowest BCUT2D eigenvalue weighted by Gasteiger charge is -2.30. The fourth-order valence-corrected chi connectivity index (χ4v) is 2.98. The summed E-state index contributed by atoms with van der Waals surface area (Å²) >= 11 is 0. The Balaban J connectivity index is 1.94. The van der Waals surface area contributed by atoms with E-state index in [4.69, 9.17) is 5.11 Å². The van der Waals surface area contributed by atoms with Crippen LogP contribution >= 0.6 is 0 Å². The molecule has 106 valence electrons. The van der Waals surface area contributed by atoms with Crippen molar-refractivity contribution in [3.8, 4) is 0 Å². The van der Waals surface area contributed by atoms with Crippen molar-refractivity contribution >= 4 is 11.9 Å². The Labute approximate surface area is 112 Å². The first kappa shape index (κ1) is 14.1. The number of hydrogen-bond donors (Lipinski definition) is 3. The third-order valence-electron chi connectivity index (χ3n) is 4.08. The van der Waals surface area contributed by atoms with Crippen molar-refractivity contribution in [1.29, 1.82) is 0 Å². The van der Waals surface area contributed by atoms with Gasteiger partial charge >= 0.3 is 5.97 Å². The zero-order valence-corrected chi connectivity index (χ0v) is 10.9. The molecule has 4 atom stereocenters. The number of hydrogen-bond acceptors (Lipinski definition) is 3. The predicted octanol–water partition coefficient (Wildman–Crippen LogP) is 1.07. The van der Waals surface area contributed by atoms with Gasteiger partial charge in [0.1, 0.15) is 0 Å². The number of aliphatic hydroxyl groups is 1. The number of rotatable bonds is 3. The normalized spacial score (nSPS) is 34.8. The van der Waals surface area contributed by atoms with Gasteiger partial charge in [0.25, 0.3) is 0 Å². The summed E-state index contributed by atoms with van der Waals surface area (Å²) < 4.78 is 0. The Hall–Kier alpha value is -1.36. The van der Waals surface area contributed by atoms with Crippen LogP contribution in [0, 0.1) is 11.8 Å². The van der Waals surface area contributed by atoms with Crippen LogP contribution in [-0.2, 0) is 9.59 Å². The summed E-state index contributed by atoms with van der Waals surface area (Å²) in [4.78, 5) is 23.4. The minimum Gasteiger partial charge on any atom is -0.481 e. The number of allylic oxidation sites excluding steroid dienone is 2. The lowest BCUT2D eigenvalue weighted by molar-refractivity contribution is -0.147. The Morgan fingerprint density at radius 1 is 1.11 bits per heavy atom. The molecular weight excluding hydrogens is 246 g/mol. The van der Waals surface area contributed by atoms with Crippen LogP contribution in [0.1, 0.15) is 38.5 Å². The molecule has 3 N–H and O–H groups in total. The summed E-state index contributed by atoms with van der Waals surface area (Å²) in [5, 5.41) is 21.6. The van der Waals surface area contributed by atoms with Crippen molar-refractivity contribution in [2.24, 2.45) is 11.8 Å². The number of carboxylic acid groups (broad SMARTS) is 1. The van der Waals surface area contributed by atoms with E-state index in [0.29, 0.717) is 19.3 Å². The number of aliphatic hydroxyl groups excluding tert-OH is 1. The zero-order valence-electron chi connectivity index (χ0n) is 10.9. The number of carbonyl (C=O) groups excluding carboxylic acids is 1. The van der Waals surface area contributed by atoms with Gasteiger partial charge in [-0.3, -0.25) is 9.59 Å². The largest absolute Gasteiger partial charge is 0.481 e. The first-order valence-electron chi connectivity index (χ1n) is 6.94. The molecule has 4 unspecified atom stereocenters. The van der Waals surface area contributed by atoms with Crippen LogP contribution in [0.5, 0.6) is 0 Å². The second-order valence-corrected chi connectivity index (χ2v) is 5.52. The molecule has 0 aliphatic heterocycles. The van der Waals surface area contributed by atoms with Crippen LogP contribution in [0.15, 0.2) is 12.2 Å². The molecule has 1 saturated carbocycles. The Bertz CT molecular complexity index is 380. The van der Waals surface area contributed by atoms with Gasteiger partial charge in [-0.15, -0.1) is 0 Å². The standard InChI is InChI=1S/C14H21NO4/c16-10-5-3-4-9(8-10)15-13(17)11-6-1-2-7-12(11)14(18)19/h1-2,9-12,16H,3-8H2,(H,15,17)(H,18,19). The summed E-state index contributed by atoms with van der Waals surface area (Å²) in [7, 11) is 0. The van der Waals surface area contributed by atoms with Gasteiger partial charge in [0.05, 0.1) is 17.9 Å². The number of carbonyl (C=O) groups is 2. The molecule has 1 amide bonds. The second kappa shape index (κ2) is 6.19. The van der Waals surface area contributed by atoms with Gasteiger partial charge in [-0.25, -0.2) is 0 Å². The van der Waals surface area contributed by atoms with Crippen LogP contribution < -0.4 is 5.32 Å². The van der Waals surface area contributed by atoms with Crippen molar-refractivity contribution in [1.82, 2.24) is 5.32 Å². The molecule has 5 nitrogen and oxygen atoms in total. The molecule has 2 rings (SSSR count). The van der Waals surface area contributed by atoms with Crippen molar-refractivity contribution in [2.45, 2.75) is 50.7 Å². The highest BCUT2D eigenvalue weighted by molar-refractivity contribution is 5.85. The van der Waals surface area contributed by atoms with Crippen LogP contribution in [0.3, 0.4) is 0 Å². The molecule has 0 bridgehead atoms. The first-order chi connectivity index (χ1) is 9.08. The molecule has 0 heterocycles. The van der Waals surface area contributed by atoms with Gasteiger partial charge in [0, 0.05) is 6.04 Å². The quantitative estimate of drug-likeness (QED) is 0.668. The van der Waals surface area contributed by atoms with Crippen LogP contribution in [-0.4, -0.2) is 34.2 Å². The van der Waals surface area contributed by atoms with E-state index in [9.17, 15) is 14.7 Å². The molecule has 2 aliphatic rings. The average Bonchev–Trinajstić information content (AvgIpc) is 2.38. The van der Waals surface area contributed by atoms with Crippen molar-refractivity contribution in [3.63, 3.8) is 0 Å². The van der Waals surface area contributed by atoms with Gasteiger partial charge in [-0.1, -0.05) is 12.2 Å². The molecule has 0 saturated heterocycles. The first-order valence-corrected chi connectivity index (χ1v) is 6.94. The number of amides is 1. The predicted molar refractivity (Wildman–Crippen MR) is 69.4 cm³/mol. The number of nitrogens with one attached hydrogen (secondary N) is 1. The Morgan fingerprint density at radius 2 is 1.79 bits per heavy atom. The van der Waals surface area contributed by atoms with Gasteiger partial charge in [-0.2, -0.15) is 0 Å². The summed E-state index contributed by atoms with van der Waals surface area (Å²) in [5.74, 6) is -2.20. The molecule has 2 aliphatic carbocycles. The van der Waals surface area contributed by atoms with Crippen LogP contribution in [0.4, 0.5) is 0 Å². The Morgan fingerprint density at radius 3 is 2.42 bits per heavy atom. The highest BCUT2D eigenvalue weighted by atomic mass is 16.4. The minimum absolute atomic E-state index is 0.0170. The van der Waals surface area contributed by atoms with E-state index in [-0.39, 0.29) is 18.1 Å². The fraction of sp³-hybridized carbons (Fsp3) is 0.714. The van der Waals surface area contributed by atoms with E-state index in [2.05, 4.69) is 5.32 Å². The van der Waals surface area contributed by atoms with Crippen molar-refractivity contribution < 1.29 is 19.8 Å². The average molecular weight is 267 g/mol. The maximum Gasteiger partial charge on any atom is 0.307 e. The molecule has 0 aromatic rings. The Kier molecular flexibility index (Phi) is 4.58. The van der Waals surface area contributed by atoms with Gasteiger partial charge in [0.2, 0.25) is 5.91 Å². The molecule has 19 heavy (non-hydrogen) atoms. The minimum atomic E-state index is -0.909. The summed E-state index contributed by atoms with van der Waals surface area (Å²) in [6.45, 7) is 0. The molecule has 0 aromatic heterocycles. The molecule has 1 fully saturated rings. The molecular formula is C14H21NO4. The molecule has 0 radical (unpaired) electrons. The van der Waals surface area contributed by atoms with E-state index in [1.54, 1.807) is 0 Å². The van der Waals surface area contributed by atoms with E-state index in [0.717, 1.165) is 19.3 Å². The van der Waals surface area contributed by atoms with E-state index < -0.39 is 17.8 Å². The molecule has 0 aromatic carbocycles. The second-order valence-electron chi connectivity index (χ2n) is 5.52. The zero-order chi connectivity index (χ0) is 13.8. The molecule has 0 spiro atoms. The molecule has 5 heteroatoms. The summed E-state index contributed by atoms with van der Waals surface area (Å²) in [5.41, 5.74) is 0. The maximum atomic E-state index is 12.2. The topological polar surface area (TPSA) is 86.6 Å². The number of aliphatic carboxylic acids is 1. The van der Waals surface area contributed by atoms with Gasteiger partial charge in [-0.05, 0) is 38.5 Å². The lowest BCUT2D eigenvalue weighted by Crippen LogP contribution is -2.45. The SMILES string of the molecule is O=C(O)C1CC=CCC1C(=O)NC1CCCC(O)C1. The van der Waals surface area contributed by atoms with E-state index in [1.165, 1.54) is 0 Å². The highest BCUT2D eigenvalue weighted by Crippen LogP contribution is 2.27. The van der Waals surface area contributed by atoms with Crippen molar-refractivity contribution in [2.75, 3.05) is 0 Å². The van der Waals surface area contributed by atoms with E-state index >= 15 is 0 Å². The third-order valence-corrected chi connectivity index (χ3v) is 4.08. The van der Waals surface area contributed by atoms with Crippen molar-refractivity contribution in [3.05, 3.63) is 12.2 Å². The van der Waals surface area contributed by atoms with E-state index in [1.807, 2.05) is 12.2 Å². The monoisotopic (exact) mass is 267 g/mol. The van der Waals surface area contributed by atoms with Gasteiger partial charge in [0.15, 0.2) is 0 Å². The summed E-state index contributed by atoms with van der Waals surface area (Å²) in [6, 6.07) is -0.0170.